The van der Waals surface area contributed by atoms with Gasteiger partial charge >= 0.3 is 0 Å². The molecule has 0 saturated carbocycles. The van der Waals surface area contributed by atoms with E-state index in [4.69, 9.17) is 11.6 Å². The highest BCUT2D eigenvalue weighted by molar-refractivity contribution is 6.30. The molecule has 4 rings (SSSR count). The molecule has 0 saturated heterocycles. The van der Waals surface area contributed by atoms with Crippen molar-refractivity contribution in [3.8, 4) is 5.69 Å². The normalized spacial score (nSPS) is 10.9. The van der Waals surface area contributed by atoms with Gasteiger partial charge in [-0.2, -0.15) is 4.68 Å². The minimum atomic E-state index is -0.440. The van der Waals surface area contributed by atoms with Crippen LogP contribution in [0.15, 0.2) is 59.7 Å². The summed E-state index contributed by atoms with van der Waals surface area (Å²) in [5.41, 5.74) is 2.34. The molecule has 0 atom stereocenters. The monoisotopic (exact) mass is 394 g/mol. The Kier molecular flexibility index (Phi) is 4.62. The van der Waals surface area contributed by atoms with E-state index in [1.165, 1.54) is 15.6 Å². The second-order valence-corrected chi connectivity index (χ2v) is 6.69. The largest absolute Gasteiger partial charge is 0.324 e. The standard InChI is InChI=1S/C19H15ClN6O2/c1-12-4-2-7-15(8-12)26-18-17(23-24-26)19(28)25(11-21-18)10-16(27)22-14-6-3-5-13(20)9-14/h2-9,11H,10H2,1H3,(H,22,27). The molecule has 2 aromatic heterocycles. The fraction of sp³-hybridized carbons (Fsp3) is 0.105. The molecule has 4 aromatic rings. The summed E-state index contributed by atoms with van der Waals surface area (Å²) in [6.45, 7) is 1.76. The van der Waals surface area contributed by atoms with Gasteiger partial charge in [0.2, 0.25) is 5.91 Å². The summed E-state index contributed by atoms with van der Waals surface area (Å²) in [5, 5.41) is 11.2. The Balaban J connectivity index is 1.62. The molecule has 0 fully saturated rings. The summed E-state index contributed by atoms with van der Waals surface area (Å²) in [5.74, 6) is -0.378. The Bertz CT molecular complexity index is 1250. The van der Waals surface area contributed by atoms with Crippen molar-refractivity contribution in [2.45, 2.75) is 13.5 Å². The molecule has 0 aliphatic carbocycles. The van der Waals surface area contributed by atoms with Crippen LogP contribution in [0.5, 0.6) is 0 Å². The predicted octanol–water partition coefficient (Wildman–Crippen LogP) is 2.58. The highest BCUT2D eigenvalue weighted by Gasteiger charge is 2.15. The van der Waals surface area contributed by atoms with Crippen molar-refractivity contribution in [1.82, 2.24) is 24.5 Å². The van der Waals surface area contributed by atoms with Crippen LogP contribution in [0.1, 0.15) is 5.56 Å². The molecule has 0 radical (unpaired) electrons. The third-order valence-corrected chi connectivity index (χ3v) is 4.33. The van der Waals surface area contributed by atoms with Crippen LogP contribution in [-0.2, 0) is 11.3 Å². The zero-order valence-corrected chi connectivity index (χ0v) is 15.6. The number of fused-ring (bicyclic) bond motifs is 1. The average Bonchev–Trinajstić information content (AvgIpc) is 3.09. The van der Waals surface area contributed by atoms with Gasteiger partial charge in [-0.15, -0.1) is 5.10 Å². The number of benzene rings is 2. The lowest BCUT2D eigenvalue weighted by molar-refractivity contribution is -0.116. The van der Waals surface area contributed by atoms with Gasteiger partial charge in [0.25, 0.3) is 5.56 Å². The van der Waals surface area contributed by atoms with Crippen LogP contribution in [-0.4, -0.2) is 30.5 Å². The third kappa shape index (κ3) is 3.49. The van der Waals surface area contributed by atoms with Crippen molar-refractivity contribution in [1.29, 1.82) is 0 Å². The second kappa shape index (κ2) is 7.24. The second-order valence-electron chi connectivity index (χ2n) is 6.25. The lowest BCUT2D eigenvalue weighted by Gasteiger charge is -2.07. The van der Waals surface area contributed by atoms with Gasteiger partial charge in [0, 0.05) is 10.7 Å². The average molecular weight is 395 g/mol. The van der Waals surface area contributed by atoms with Crippen molar-refractivity contribution in [2.75, 3.05) is 5.32 Å². The van der Waals surface area contributed by atoms with Crippen LogP contribution in [0.3, 0.4) is 0 Å². The fourth-order valence-corrected chi connectivity index (χ4v) is 3.00. The summed E-state index contributed by atoms with van der Waals surface area (Å²) >= 11 is 5.91. The molecule has 28 heavy (non-hydrogen) atoms. The molecule has 0 bridgehead atoms. The first kappa shape index (κ1) is 17.9. The van der Waals surface area contributed by atoms with E-state index in [9.17, 15) is 9.59 Å². The zero-order valence-electron chi connectivity index (χ0n) is 14.8. The van der Waals surface area contributed by atoms with Gasteiger partial charge in [-0.05, 0) is 42.8 Å². The topological polar surface area (TPSA) is 94.7 Å². The number of anilines is 1. The van der Waals surface area contributed by atoms with E-state index in [0.29, 0.717) is 16.4 Å². The van der Waals surface area contributed by atoms with Crippen LogP contribution in [0, 0.1) is 6.92 Å². The molecule has 1 N–H and O–H groups in total. The van der Waals surface area contributed by atoms with Crippen LogP contribution < -0.4 is 10.9 Å². The Morgan fingerprint density at radius 2 is 2.00 bits per heavy atom. The third-order valence-electron chi connectivity index (χ3n) is 4.10. The first-order valence-electron chi connectivity index (χ1n) is 8.44. The Morgan fingerprint density at radius 3 is 2.79 bits per heavy atom. The highest BCUT2D eigenvalue weighted by Crippen LogP contribution is 2.15. The molecular formula is C19H15ClN6O2. The van der Waals surface area contributed by atoms with Gasteiger partial charge in [0.15, 0.2) is 11.2 Å². The van der Waals surface area contributed by atoms with Crippen molar-refractivity contribution in [2.24, 2.45) is 0 Å². The van der Waals surface area contributed by atoms with Crippen LogP contribution >= 0.6 is 11.6 Å². The Hall–Kier alpha value is -3.52. The number of aryl methyl sites for hydroxylation is 1. The molecule has 0 spiro atoms. The summed E-state index contributed by atoms with van der Waals surface area (Å²) in [7, 11) is 0. The number of carbonyl (C=O) groups is 1. The fourth-order valence-electron chi connectivity index (χ4n) is 2.81. The number of aromatic nitrogens is 5. The van der Waals surface area contributed by atoms with Crippen molar-refractivity contribution in [3.05, 3.63) is 75.8 Å². The van der Waals surface area contributed by atoms with Crippen LogP contribution in [0.4, 0.5) is 5.69 Å². The highest BCUT2D eigenvalue weighted by atomic mass is 35.5. The van der Waals surface area contributed by atoms with E-state index in [-0.39, 0.29) is 18.0 Å². The molecule has 1 amide bonds. The SMILES string of the molecule is Cc1cccc(-n2nnc3c(=O)n(CC(=O)Nc4cccc(Cl)c4)cnc32)c1. The van der Waals surface area contributed by atoms with Gasteiger partial charge in [0.05, 0.1) is 5.69 Å². The number of hydrogen-bond acceptors (Lipinski definition) is 5. The van der Waals surface area contributed by atoms with Gasteiger partial charge in [0.1, 0.15) is 12.9 Å². The van der Waals surface area contributed by atoms with Gasteiger partial charge in [-0.1, -0.05) is 35.0 Å². The number of nitrogens with zero attached hydrogens (tertiary/aromatic N) is 5. The number of nitrogens with one attached hydrogen (secondary N) is 1. The van der Waals surface area contributed by atoms with E-state index in [2.05, 4.69) is 20.6 Å². The number of carbonyl (C=O) groups excluding carboxylic acids is 1. The van der Waals surface area contributed by atoms with Gasteiger partial charge < -0.3 is 5.32 Å². The molecule has 0 unspecified atom stereocenters. The summed E-state index contributed by atoms with van der Waals surface area (Å²) < 4.78 is 2.69. The van der Waals surface area contributed by atoms with Crippen molar-refractivity contribution >= 4 is 34.4 Å². The molecule has 0 aliphatic heterocycles. The smallest absolute Gasteiger partial charge is 0.284 e. The van der Waals surface area contributed by atoms with Gasteiger partial charge in [-0.25, -0.2) is 4.98 Å². The zero-order chi connectivity index (χ0) is 19.7. The first-order valence-corrected chi connectivity index (χ1v) is 8.82. The lowest BCUT2D eigenvalue weighted by Crippen LogP contribution is -2.28. The maximum absolute atomic E-state index is 12.7. The summed E-state index contributed by atoms with van der Waals surface area (Å²) in [4.78, 5) is 29.2. The predicted molar refractivity (Wildman–Crippen MR) is 106 cm³/mol. The Morgan fingerprint density at radius 1 is 1.18 bits per heavy atom. The quantitative estimate of drug-likeness (QED) is 0.574. The lowest BCUT2D eigenvalue weighted by atomic mass is 10.2. The molecule has 2 aromatic carbocycles. The number of rotatable bonds is 4. The van der Waals surface area contributed by atoms with Crippen molar-refractivity contribution < 1.29 is 4.79 Å². The van der Waals surface area contributed by atoms with Crippen molar-refractivity contribution in [3.63, 3.8) is 0 Å². The van der Waals surface area contributed by atoms with E-state index in [1.807, 2.05) is 31.2 Å². The van der Waals surface area contributed by atoms with E-state index < -0.39 is 5.56 Å². The summed E-state index contributed by atoms with van der Waals surface area (Å²) in [6.07, 6.45) is 1.32. The Labute approximate surface area is 164 Å². The van der Waals surface area contributed by atoms with Gasteiger partial charge in [-0.3, -0.25) is 14.2 Å². The van der Waals surface area contributed by atoms with Crippen LogP contribution in [0.25, 0.3) is 16.9 Å². The number of amides is 1. The molecule has 140 valence electrons. The van der Waals surface area contributed by atoms with E-state index >= 15 is 0 Å². The molecular weight excluding hydrogens is 380 g/mol. The molecule has 2 heterocycles. The maximum Gasteiger partial charge on any atom is 0.284 e. The van der Waals surface area contributed by atoms with E-state index in [1.54, 1.807) is 24.3 Å². The molecule has 8 nitrogen and oxygen atoms in total. The maximum atomic E-state index is 12.7. The molecule has 9 heteroatoms. The molecule has 0 aliphatic rings. The summed E-state index contributed by atoms with van der Waals surface area (Å²) in [6, 6.07) is 14.4. The number of hydrogen-bond donors (Lipinski definition) is 1. The van der Waals surface area contributed by atoms with Crippen LogP contribution in [0.2, 0.25) is 5.02 Å². The minimum absolute atomic E-state index is 0.0968. The number of halogens is 1. The minimum Gasteiger partial charge on any atom is -0.324 e. The van der Waals surface area contributed by atoms with E-state index in [0.717, 1.165) is 11.3 Å². The first-order chi connectivity index (χ1) is 13.5.